The van der Waals surface area contributed by atoms with E-state index in [4.69, 9.17) is 9.47 Å². The van der Waals surface area contributed by atoms with E-state index in [2.05, 4.69) is 5.32 Å². The highest BCUT2D eigenvalue weighted by molar-refractivity contribution is 5.56. The van der Waals surface area contributed by atoms with Crippen molar-refractivity contribution in [2.45, 2.75) is 20.0 Å². The van der Waals surface area contributed by atoms with E-state index in [1.807, 2.05) is 13.8 Å². The topological polar surface area (TPSA) is 73.6 Å². The first-order valence-corrected chi connectivity index (χ1v) is 5.75. The van der Waals surface area contributed by atoms with Gasteiger partial charge in [0.2, 0.25) is 0 Å². The van der Waals surface area contributed by atoms with Gasteiger partial charge in [-0.05, 0) is 13.8 Å². The third kappa shape index (κ3) is 4.21. The van der Waals surface area contributed by atoms with Crippen molar-refractivity contribution in [3.05, 3.63) is 28.3 Å². The molecule has 1 rings (SSSR count). The molecule has 0 bridgehead atoms. The fourth-order valence-corrected chi connectivity index (χ4v) is 1.51. The standard InChI is InChI=1S/C12H18N2O4/c1-4-18-9(2)8-13-10-5-11(14(15)16)7-12(6-10)17-3/h5-7,9,13H,4,8H2,1-3H3. The zero-order valence-electron chi connectivity index (χ0n) is 10.8. The van der Waals surface area contributed by atoms with Gasteiger partial charge in [0.25, 0.3) is 5.69 Å². The molecule has 0 aliphatic rings. The summed E-state index contributed by atoms with van der Waals surface area (Å²) in [7, 11) is 1.48. The second-order valence-electron chi connectivity index (χ2n) is 3.82. The van der Waals surface area contributed by atoms with Crippen molar-refractivity contribution in [3.63, 3.8) is 0 Å². The van der Waals surface area contributed by atoms with Gasteiger partial charge < -0.3 is 14.8 Å². The number of benzene rings is 1. The third-order valence-corrected chi connectivity index (χ3v) is 2.38. The number of nitrogens with zero attached hydrogens (tertiary/aromatic N) is 1. The first-order chi connectivity index (χ1) is 8.56. The molecule has 100 valence electrons. The average Bonchev–Trinajstić information content (AvgIpc) is 2.36. The number of nitro benzene ring substituents is 1. The van der Waals surface area contributed by atoms with Gasteiger partial charge in [-0.3, -0.25) is 10.1 Å². The molecule has 0 radical (unpaired) electrons. The molecule has 0 fully saturated rings. The molecule has 0 aliphatic heterocycles. The van der Waals surface area contributed by atoms with E-state index in [-0.39, 0.29) is 11.8 Å². The lowest BCUT2D eigenvalue weighted by atomic mass is 10.2. The summed E-state index contributed by atoms with van der Waals surface area (Å²) in [6.45, 7) is 5.08. The Morgan fingerprint density at radius 2 is 2.17 bits per heavy atom. The fraction of sp³-hybridized carbons (Fsp3) is 0.500. The highest BCUT2D eigenvalue weighted by Crippen LogP contribution is 2.25. The quantitative estimate of drug-likeness (QED) is 0.597. The predicted octanol–water partition coefficient (Wildman–Crippen LogP) is 2.44. The molecule has 0 spiro atoms. The van der Waals surface area contributed by atoms with E-state index in [1.165, 1.54) is 19.2 Å². The summed E-state index contributed by atoms with van der Waals surface area (Å²) < 4.78 is 10.4. The Bertz CT molecular complexity index is 409. The second-order valence-corrected chi connectivity index (χ2v) is 3.82. The summed E-state index contributed by atoms with van der Waals surface area (Å²) in [5.74, 6) is 0.454. The van der Waals surface area contributed by atoms with E-state index in [9.17, 15) is 10.1 Å². The fourth-order valence-electron chi connectivity index (χ4n) is 1.51. The summed E-state index contributed by atoms with van der Waals surface area (Å²) in [6, 6.07) is 4.57. The highest BCUT2D eigenvalue weighted by Gasteiger charge is 2.10. The number of hydrogen-bond donors (Lipinski definition) is 1. The van der Waals surface area contributed by atoms with Gasteiger partial charge in [-0.25, -0.2) is 0 Å². The summed E-state index contributed by atoms with van der Waals surface area (Å²) in [5, 5.41) is 13.8. The molecule has 6 nitrogen and oxygen atoms in total. The SMILES string of the molecule is CCOC(C)CNc1cc(OC)cc([N+](=O)[O-])c1. The summed E-state index contributed by atoms with van der Waals surface area (Å²) >= 11 is 0. The summed E-state index contributed by atoms with van der Waals surface area (Å²) in [4.78, 5) is 10.3. The van der Waals surface area contributed by atoms with Gasteiger partial charge in [-0.2, -0.15) is 0 Å². The Labute approximate surface area is 106 Å². The molecule has 0 saturated heterocycles. The molecule has 0 saturated carbocycles. The number of non-ortho nitro benzene ring substituents is 1. The van der Waals surface area contributed by atoms with Crippen molar-refractivity contribution < 1.29 is 14.4 Å². The van der Waals surface area contributed by atoms with Crippen molar-refractivity contribution in [1.82, 2.24) is 0 Å². The second kappa shape index (κ2) is 6.80. The van der Waals surface area contributed by atoms with Gasteiger partial charge in [0.1, 0.15) is 5.75 Å². The Hall–Kier alpha value is -1.82. The van der Waals surface area contributed by atoms with Crippen LogP contribution in [0.2, 0.25) is 0 Å². The van der Waals surface area contributed by atoms with Crippen LogP contribution in [0.15, 0.2) is 18.2 Å². The molecule has 0 aliphatic carbocycles. The van der Waals surface area contributed by atoms with Crippen LogP contribution in [-0.4, -0.2) is 31.3 Å². The van der Waals surface area contributed by atoms with Crippen LogP contribution in [0.1, 0.15) is 13.8 Å². The van der Waals surface area contributed by atoms with E-state index < -0.39 is 4.92 Å². The van der Waals surface area contributed by atoms with Crippen LogP contribution in [0.5, 0.6) is 5.75 Å². The molecular weight excluding hydrogens is 236 g/mol. The molecule has 1 aromatic carbocycles. The van der Waals surface area contributed by atoms with Crippen molar-refractivity contribution in [3.8, 4) is 5.75 Å². The van der Waals surface area contributed by atoms with E-state index >= 15 is 0 Å². The number of hydrogen-bond acceptors (Lipinski definition) is 5. The van der Waals surface area contributed by atoms with Crippen molar-refractivity contribution in [2.75, 3.05) is 25.6 Å². The third-order valence-electron chi connectivity index (χ3n) is 2.38. The molecule has 0 heterocycles. The molecular formula is C12H18N2O4. The van der Waals surface area contributed by atoms with Crippen LogP contribution >= 0.6 is 0 Å². The highest BCUT2D eigenvalue weighted by atomic mass is 16.6. The monoisotopic (exact) mass is 254 g/mol. The largest absolute Gasteiger partial charge is 0.496 e. The molecule has 0 aromatic heterocycles. The van der Waals surface area contributed by atoms with Gasteiger partial charge in [0.05, 0.1) is 24.2 Å². The first kappa shape index (κ1) is 14.2. The summed E-state index contributed by atoms with van der Waals surface area (Å²) in [6.07, 6.45) is 0.0419. The minimum atomic E-state index is -0.445. The molecule has 1 aromatic rings. The number of rotatable bonds is 7. The first-order valence-electron chi connectivity index (χ1n) is 5.75. The molecule has 1 N–H and O–H groups in total. The maximum absolute atomic E-state index is 10.8. The number of methoxy groups -OCH3 is 1. The van der Waals surface area contributed by atoms with Crippen LogP contribution in [0.3, 0.4) is 0 Å². The average molecular weight is 254 g/mol. The Kier molecular flexibility index (Phi) is 5.38. The van der Waals surface area contributed by atoms with Gasteiger partial charge in [0.15, 0.2) is 0 Å². The number of nitro groups is 1. The Balaban J connectivity index is 2.75. The lowest BCUT2D eigenvalue weighted by molar-refractivity contribution is -0.384. The van der Waals surface area contributed by atoms with Crippen LogP contribution < -0.4 is 10.1 Å². The molecule has 18 heavy (non-hydrogen) atoms. The number of anilines is 1. The summed E-state index contributed by atoms with van der Waals surface area (Å²) in [5.41, 5.74) is 0.647. The predicted molar refractivity (Wildman–Crippen MR) is 69.2 cm³/mol. The van der Waals surface area contributed by atoms with Gasteiger partial charge >= 0.3 is 0 Å². The number of ether oxygens (including phenoxy) is 2. The molecule has 0 amide bonds. The van der Waals surface area contributed by atoms with Crippen LogP contribution in [-0.2, 0) is 4.74 Å². The minimum absolute atomic E-state index is 0.000845. The molecule has 6 heteroatoms. The van der Waals surface area contributed by atoms with Crippen molar-refractivity contribution >= 4 is 11.4 Å². The Morgan fingerprint density at radius 3 is 2.72 bits per heavy atom. The van der Waals surface area contributed by atoms with Gasteiger partial charge in [-0.1, -0.05) is 0 Å². The smallest absolute Gasteiger partial charge is 0.275 e. The van der Waals surface area contributed by atoms with E-state index in [0.29, 0.717) is 24.6 Å². The van der Waals surface area contributed by atoms with E-state index in [0.717, 1.165) is 0 Å². The van der Waals surface area contributed by atoms with Crippen LogP contribution in [0, 0.1) is 10.1 Å². The minimum Gasteiger partial charge on any atom is -0.496 e. The molecule has 1 atom stereocenters. The Morgan fingerprint density at radius 1 is 1.44 bits per heavy atom. The van der Waals surface area contributed by atoms with Gasteiger partial charge in [0, 0.05) is 31.0 Å². The molecule has 1 unspecified atom stereocenters. The zero-order valence-corrected chi connectivity index (χ0v) is 10.8. The van der Waals surface area contributed by atoms with E-state index in [1.54, 1.807) is 6.07 Å². The van der Waals surface area contributed by atoms with Gasteiger partial charge in [-0.15, -0.1) is 0 Å². The zero-order chi connectivity index (χ0) is 13.5. The lowest BCUT2D eigenvalue weighted by Crippen LogP contribution is -2.19. The normalized spacial score (nSPS) is 11.9. The van der Waals surface area contributed by atoms with Crippen molar-refractivity contribution in [2.24, 2.45) is 0 Å². The van der Waals surface area contributed by atoms with Crippen LogP contribution in [0.25, 0.3) is 0 Å². The lowest BCUT2D eigenvalue weighted by Gasteiger charge is -2.14. The maximum Gasteiger partial charge on any atom is 0.275 e. The van der Waals surface area contributed by atoms with Crippen LogP contribution in [0.4, 0.5) is 11.4 Å². The number of nitrogens with one attached hydrogen (secondary N) is 1. The van der Waals surface area contributed by atoms with Crippen molar-refractivity contribution in [1.29, 1.82) is 0 Å². The maximum atomic E-state index is 10.8.